The largest absolute Gasteiger partial charge is 0.464 e. The average Bonchev–Trinajstić information content (AvgIpc) is 2.70. The van der Waals surface area contributed by atoms with E-state index in [1.807, 2.05) is 12.1 Å². The lowest BCUT2D eigenvalue weighted by molar-refractivity contribution is 0.0594. The van der Waals surface area contributed by atoms with E-state index in [2.05, 4.69) is 5.10 Å². The fourth-order valence-corrected chi connectivity index (χ4v) is 1.79. The molecule has 1 aromatic carbocycles. The molecule has 1 heterocycles. The molecule has 0 spiro atoms. The van der Waals surface area contributed by atoms with Gasteiger partial charge in [-0.15, -0.1) is 0 Å². The number of ether oxygens (including phenoxy) is 1. The third-order valence-electron chi connectivity index (χ3n) is 2.34. The highest BCUT2D eigenvalue weighted by atomic mass is 35.5. The van der Waals surface area contributed by atoms with Gasteiger partial charge in [-0.05, 0) is 17.7 Å². The van der Waals surface area contributed by atoms with Crippen molar-refractivity contribution in [3.63, 3.8) is 0 Å². The first-order valence-corrected chi connectivity index (χ1v) is 5.37. The molecular weight excluding hydrogens is 240 g/mol. The minimum Gasteiger partial charge on any atom is -0.464 e. The summed E-state index contributed by atoms with van der Waals surface area (Å²) in [7, 11) is 3.08. The Kier molecular flexibility index (Phi) is 3.15. The van der Waals surface area contributed by atoms with Gasteiger partial charge in [0.25, 0.3) is 0 Å². The summed E-state index contributed by atoms with van der Waals surface area (Å²) >= 11 is 5.92. The zero-order valence-corrected chi connectivity index (χ0v) is 10.2. The quantitative estimate of drug-likeness (QED) is 0.770. The molecule has 0 fully saturated rings. The molecule has 1 aromatic heterocycles. The fourth-order valence-electron chi connectivity index (χ4n) is 1.60. The molecule has 2 rings (SSSR count). The Bertz CT molecular complexity index is 563. The number of rotatable bonds is 2. The maximum Gasteiger partial charge on any atom is 0.359 e. The van der Waals surface area contributed by atoms with Crippen molar-refractivity contribution in [1.82, 2.24) is 9.78 Å². The van der Waals surface area contributed by atoms with E-state index in [9.17, 15) is 4.79 Å². The van der Waals surface area contributed by atoms with Crippen LogP contribution < -0.4 is 0 Å². The number of carbonyl (C=O) groups is 1. The van der Waals surface area contributed by atoms with Crippen molar-refractivity contribution in [3.8, 4) is 11.1 Å². The molecule has 0 N–H and O–H groups in total. The Balaban J connectivity index is 2.55. The molecule has 2 aromatic rings. The van der Waals surface area contributed by atoms with Crippen molar-refractivity contribution in [2.24, 2.45) is 7.05 Å². The second-order valence-electron chi connectivity index (χ2n) is 3.57. The first-order chi connectivity index (χ1) is 8.11. The normalized spacial score (nSPS) is 10.3. The smallest absolute Gasteiger partial charge is 0.359 e. The lowest BCUT2D eigenvalue weighted by atomic mass is 10.1. The van der Waals surface area contributed by atoms with Gasteiger partial charge in [0.05, 0.1) is 7.11 Å². The van der Waals surface area contributed by atoms with Crippen molar-refractivity contribution in [3.05, 3.63) is 41.2 Å². The second-order valence-corrected chi connectivity index (χ2v) is 4.00. The standard InChI is InChI=1S/C12H11ClN2O2/c1-15-7-10(11(14-15)12(16)17-2)8-4-3-5-9(13)6-8/h3-7H,1-2H3. The molecule has 0 aliphatic carbocycles. The van der Waals surface area contributed by atoms with Crippen LogP contribution in [-0.2, 0) is 11.8 Å². The van der Waals surface area contributed by atoms with Crippen molar-refractivity contribution in [2.75, 3.05) is 7.11 Å². The van der Waals surface area contributed by atoms with Crippen LogP contribution in [0.2, 0.25) is 5.02 Å². The summed E-state index contributed by atoms with van der Waals surface area (Å²) in [5, 5.41) is 4.70. The van der Waals surface area contributed by atoms with Gasteiger partial charge in [0.15, 0.2) is 5.69 Å². The Labute approximate surface area is 104 Å². The summed E-state index contributed by atoms with van der Waals surface area (Å²) in [6.07, 6.45) is 1.76. The zero-order valence-electron chi connectivity index (χ0n) is 9.48. The summed E-state index contributed by atoms with van der Waals surface area (Å²) in [6.45, 7) is 0. The Hall–Kier alpha value is -1.81. The van der Waals surface area contributed by atoms with Crippen LogP contribution in [0.25, 0.3) is 11.1 Å². The molecule has 0 atom stereocenters. The van der Waals surface area contributed by atoms with Crippen LogP contribution in [-0.4, -0.2) is 22.9 Å². The molecule has 0 saturated heterocycles. The van der Waals surface area contributed by atoms with Crippen molar-refractivity contribution in [2.45, 2.75) is 0 Å². The first-order valence-electron chi connectivity index (χ1n) is 4.99. The van der Waals surface area contributed by atoms with Crippen molar-refractivity contribution in [1.29, 1.82) is 0 Å². The Morgan fingerprint density at radius 1 is 1.47 bits per heavy atom. The highest BCUT2D eigenvalue weighted by Gasteiger charge is 2.17. The molecule has 88 valence electrons. The number of carbonyl (C=O) groups excluding carboxylic acids is 1. The first kappa shape index (κ1) is 11.7. The lowest BCUT2D eigenvalue weighted by Gasteiger charge is -2.01. The number of aromatic nitrogens is 2. The number of halogens is 1. The molecule has 4 nitrogen and oxygen atoms in total. The SMILES string of the molecule is COC(=O)c1nn(C)cc1-c1cccc(Cl)c1. The van der Waals surface area contributed by atoms with Gasteiger partial charge in [-0.1, -0.05) is 23.7 Å². The molecule has 0 amide bonds. The molecule has 5 heteroatoms. The Morgan fingerprint density at radius 2 is 2.24 bits per heavy atom. The highest BCUT2D eigenvalue weighted by Crippen LogP contribution is 2.25. The van der Waals surface area contributed by atoms with Gasteiger partial charge >= 0.3 is 5.97 Å². The summed E-state index contributed by atoms with van der Waals surface area (Å²) in [5.74, 6) is -0.458. The van der Waals surface area contributed by atoms with Gasteiger partial charge in [0.1, 0.15) is 0 Å². The van der Waals surface area contributed by atoms with E-state index in [1.54, 1.807) is 30.1 Å². The van der Waals surface area contributed by atoms with E-state index < -0.39 is 5.97 Å². The van der Waals surface area contributed by atoms with Crippen LogP contribution in [0, 0.1) is 0 Å². The predicted molar refractivity (Wildman–Crippen MR) is 65.0 cm³/mol. The number of hydrogen-bond donors (Lipinski definition) is 0. The molecule has 0 saturated carbocycles. The number of aryl methyl sites for hydroxylation is 1. The molecule has 0 unspecified atom stereocenters. The molecule has 0 radical (unpaired) electrons. The van der Waals surface area contributed by atoms with Crippen LogP contribution in [0.3, 0.4) is 0 Å². The summed E-state index contributed by atoms with van der Waals surface area (Å²) in [6, 6.07) is 7.26. The molecule has 0 bridgehead atoms. The molecule has 17 heavy (non-hydrogen) atoms. The average molecular weight is 251 g/mol. The number of hydrogen-bond acceptors (Lipinski definition) is 3. The van der Waals surface area contributed by atoms with E-state index in [0.717, 1.165) is 5.56 Å². The zero-order chi connectivity index (χ0) is 12.4. The van der Waals surface area contributed by atoms with E-state index in [4.69, 9.17) is 16.3 Å². The van der Waals surface area contributed by atoms with Gasteiger partial charge in [0.2, 0.25) is 0 Å². The van der Waals surface area contributed by atoms with Gasteiger partial charge < -0.3 is 4.74 Å². The van der Waals surface area contributed by atoms with Crippen LogP contribution in [0.15, 0.2) is 30.5 Å². The van der Waals surface area contributed by atoms with Crippen LogP contribution in [0.5, 0.6) is 0 Å². The molecule has 0 aliphatic rings. The predicted octanol–water partition coefficient (Wildman–Crippen LogP) is 2.53. The fraction of sp³-hybridized carbons (Fsp3) is 0.167. The van der Waals surface area contributed by atoms with Crippen molar-refractivity contribution >= 4 is 17.6 Å². The third kappa shape index (κ3) is 2.31. The lowest BCUT2D eigenvalue weighted by Crippen LogP contribution is -2.04. The monoisotopic (exact) mass is 250 g/mol. The summed E-state index contributed by atoms with van der Waals surface area (Å²) < 4.78 is 6.27. The van der Waals surface area contributed by atoms with E-state index in [1.165, 1.54) is 7.11 Å². The van der Waals surface area contributed by atoms with Gasteiger partial charge in [-0.2, -0.15) is 5.10 Å². The maximum absolute atomic E-state index is 11.6. The van der Waals surface area contributed by atoms with Crippen LogP contribution in [0.4, 0.5) is 0 Å². The van der Waals surface area contributed by atoms with E-state index in [0.29, 0.717) is 10.6 Å². The Morgan fingerprint density at radius 3 is 2.88 bits per heavy atom. The van der Waals surface area contributed by atoms with Crippen molar-refractivity contribution < 1.29 is 9.53 Å². The minimum absolute atomic E-state index is 0.289. The maximum atomic E-state index is 11.6. The second kappa shape index (κ2) is 4.59. The number of nitrogens with zero attached hydrogens (tertiary/aromatic N) is 2. The van der Waals surface area contributed by atoms with Gasteiger partial charge in [-0.25, -0.2) is 4.79 Å². The van der Waals surface area contributed by atoms with Crippen LogP contribution >= 0.6 is 11.6 Å². The third-order valence-corrected chi connectivity index (χ3v) is 2.58. The van der Waals surface area contributed by atoms with Gasteiger partial charge in [0, 0.05) is 23.8 Å². The molecule has 0 aliphatic heterocycles. The summed E-state index contributed by atoms with van der Waals surface area (Å²) in [4.78, 5) is 11.6. The van der Waals surface area contributed by atoms with Gasteiger partial charge in [-0.3, -0.25) is 4.68 Å². The highest BCUT2D eigenvalue weighted by molar-refractivity contribution is 6.30. The van der Waals surface area contributed by atoms with E-state index in [-0.39, 0.29) is 5.69 Å². The van der Waals surface area contributed by atoms with Crippen LogP contribution in [0.1, 0.15) is 10.5 Å². The van der Waals surface area contributed by atoms with E-state index >= 15 is 0 Å². The number of esters is 1. The number of methoxy groups -OCH3 is 1. The summed E-state index contributed by atoms with van der Waals surface area (Å²) in [5.41, 5.74) is 1.84. The number of benzene rings is 1. The minimum atomic E-state index is -0.458. The molecular formula is C12H11ClN2O2. The topological polar surface area (TPSA) is 44.1 Å².